The molecule has 7 heteroatoms. The number of alkyl halides is 6. The van der Waals surface area contributed by atoms with E-state index in [1.165, 1.54) is 0 Å². The number of halogens is 6. The summed E-state index contributed by atoms with van der Waals surface area (Å²) in [5.41, 5.74) is -2.53. The summed E-state index contributed by atoms with van der Waals surface area (Å²) in [7, 11) is 0. The van der Waals surface area contributed by atoms with Crippen molar-refractivity contribution >= 4 is 0 Å². The van der Waals surface area contributed by atoms with Gasteiger partial charge in [0.15, 0.2) is 0 Å². The van der Waals surface area contributed by atoms with Crippen LogP contribution in [0.1, 0.15) is 43.4 Å². The van der Waals surface area contributed by atoms with Gasteiger partial charge in [-0.15, -0.1) is 0 Å². The quantitative estimate of drug-likeness (QED) is 0.785. The van der Waals surface area contributed by atoms with Crippen LogP contribution < -0.4 is 5.32 Å². The normalized spacial score (nSPS) is 15.9. The van der Waals surface area contributed by atoms with Crippen LogP contribution in [0.25, 0.3) is 0 Å². The molecular weight excluding hydrogens is 296 g/mol. The zero-order valence-corrected chi connectivity index (χ0v) is 11.9. The zero-order valence-electron chi connectivity index (χ0n) is 11.9. The Hall–Kier alpha value is -1.24. The van der Waals surface area contributed by atoms with Crippen LogP contribution in [0.15, 0.2) is 18.2 Å². The van der Waals surface area contributed by atoms with E-state index < -0.39 is 29.4 Å². The minimum absolute atomic E-state index is 0.0191. The van der Waals surface area contributed by atoms with Crippen LogP contribution >= 0.6 is 0 Å². The first-order chi connectivity index (χ1) is 9.46. The number of nitrogens with one attached hydrogen (secondary N) is 1. The molecule has 0 fully saturated rings. The van der Waals surface area contributed by atoms with Crippen molar-refractivity contribution in [3.05, 3.63) is 34.9 Å². The van der Waals surface area contributed by atoms with Crippen molar-refractivity contribution in [2.75, 3.05) is 6.54 Å². The van der Waals surface area contributed by atoms with Gasteiger partial charge in [0.05, 0.1) is 11.1 Å². The number of benzene rings is 1. The molecule has 1 aromatic carbocycles. The van der Waals surface area contributed by atoms with E-state index in [1.54, 1.807) is 13.8 Å². The van der Waals surface area contributed by atoms with Gasteiger partial charge in [0.2, 0.25) is 0 Å². The van der Waals surface area contributed by atoms with Crippen molar-refractivity contribution in [1.29, 1.82) is 0 Å². The summed E-state index contributed by atoms with van der Waals surface area (Å²) >= 11 is 0. The van der Waals surface area contributed by atoms with Crippen molar-refractivity contribution in [2.24, 2.45) is 0 Å². The largest absolute Gasteiger partial charge is 0.416 e. The molecule has 1 N–H and O–H groups in total. The van der Waals surface area contributed by atoms with Gasteiger partial charge in [-0.25, -0.2) is 0 Å². The monoisotopic (exact) mass is 313 g/mol. The van der Waals surface area contributed by atoms with E-state index in [-0.39, 0.29) is 17.7 Å². The Kier molecular flexibility index (Phi) is 5.30. The van der Waals surface area contributed by atoms with Crippen molar-refractivity contribution in [2.45, 2.75) is 45.1 Å². The molecule has 0 saturated heterocycles. The van der Waals surface area contributed by atoms with Gasteiger partial charge < -0.3 is 5.32 Å². The highest BCUT2D eigenvalue weighted by molar-refractivity contribution is 5.35. The fraction of sp³-hybridized carbons (Fsp3) is 0.571. The lowest BCUT2D eigenvalue weighted by Crippen LogP contribution is -2.31. The van der Waals surface area contributed by atoms with Crippen LogP contribution in [-0.4, -0.2) is 12.6 Å². The van der Waals surface area contributed by atoms with Crippen LogP contribution in [0.3, 0.4) is 0 Å². The Morgan fingerprint density at radius 3 is 1.67 bits per heavy atom. The van der Waals surface area contributed by atoms with E-state index in [0.29, 0.717) is 6.54 Å². The van der Waals surface area contributed by atoms with Gasteiger partial charge in [-0.3, -0.25) is 0 Å². The highest BCUT2D eigenvalue weighted by atomic mass is 19.4. The second kappa shape index (κ2) is 6.25. The highest BCUT2D eigenvalue weighted by Gasteiger charge is 2.37. The maximum Gasteiger partial charge on any atom is 0.416 e. The molecule has 1 aromatic rings. The third-order valence-electron chi connectivity index (χ3n) is 3.41. The van der Waals surface area contributed by atoms with E-state index in [1.807, 2.05) is 6.92 Å². The number of likely N-dealkylation sites (N-methyl/N-ethyl adjacent to an activating group) is 1. The van der Waals surface area contributed by atoms with Gasteiger partial charge in [0, 0.05) is 6.04 Å². The van der Waals surface area contributed by atoms with Crippen LogP contribution in [0, 0.1) is 0 Å². The molecule has 0 amide bonds. The third kappa shape index (κ3) is 4.62. The van der Waals surface area contributed by atoms with Crippen molar-refractivity contribution in [3.63, 3.8) is 0 Å². The maximum absolute atomic E-state index is 12.8. The minimum Gasteiger partial charge on any atom is -0.314 e. The molecule has 120 valence electrons. The fourth-order valence-corrected chi connectivity index (χ4v) is 2.03. The first kappa shape index (κ1) is 17.8. The fourth-order valence-electron chi connectivity index (χ4n) is 2.03. The Bertz CT molecular complexity index is 445. The first-order valence-electron chi connectivity index (χ1n) is 6.49. The number of hydrogen-bond acceptors (Lipinski definition) is 1. The summed E-state index contributed by atoms with van der Waals surface area (Å²) in [4.78, 5) is 0. The second-order valence-corrected chi connectivity index (χ2v) is 4.97. The Labute approximate surface area is 119 Å². The summed E-state index contributed by atoms with van der Waals surface area (Å²) in [5.74, 6) is -0.478. The molecule has 2 unspecified atom stereocenters. The number of hydrogen-bond donors (Lipinski definition) is 1. The van der Waals surface area contributed by atoms with E-state index in [2.05, 4.69) is 5.32 Å². The molecular formula is C14H17F6N. The molecule has 0 bridgehead atoms. The molecule has 0 spiro atoms. The molecule has 1 nitrogen and oxygen atoms in total. The molecule has 0 saturated carbocycles. The Morgan fingerprint density at radius 1 is 0.905 bits per heavy atom. The Morgan fingerprint density at radius 2 is 1.33 bits per heavy atom. The topological polar surface area (TPSA) is 12.0 Å². The van der Waals surface area contributed by atoms with Gasteiger partial charge in [-0.05, 0) is 43.1 Å². The molecule has 21 heavy (non-hydrogen) atoms. The summed E-state index contributed by atoms with van der Waals surface area (Å²) in [6, 6.07) is 1.48. The van der Waals surface area contributed by atoms with Gasteiger partial charge in [-0.1, -0.05) is 13.8 Å². The molecule has 0 heterocycles. The van der Waals surface area contributed by atoms with E-state index >= 15 is 0 Å². The van der Waals surface area contributed by atoms with E-state index in [0.717, 1.165) is 12.1 Å². The lowest BCUT2D eigenvalue weighted by Gasteiger charge is -2.23. The molecule has 0 radical (unpaired) electrons. The van der Waals surface area contributed by atoms with Crippen molar-refractivity contribution < 1.29 is 26.3 Å². The number of rotatable bonds is 4. The second-order valence-electron chi connectivity index (χ2n) is 4.97. The summed E-state index contributed by atoms with van der Waals surface area (Å²) in [5, 5.41) is 3.00. The van der Waals surface area contributed by atoms with Gasteiger partial charge in [0.25, 0.3) is 0 Å². The van der Waals surface area contributed by atoms with E-state index in [4.69, 9.17) is 0 Å². The average molecular weight is 313 g/mol. The lowest BCUT2D eigenvalue weighted by molar-refractivity contribution is -0.143. The smallest absolute Gasteiger partial charge is 0.314 e. The van der Waals surface area contributed by atoms with E-state index in [9.17, 15) is 26.3 Å². The molecule has 2 atom stereocenters. The van der Waals surface area contributed by atoms with Gasteiger partial charge >= 0.3 is 12.4 Å². The van der Waals surface area contributed by atoms with Crippen LogP contribution in [0.5, 0.6) is 0 Å². The predicted molar refractivity (Wildman–Crippen MR) is 68.0 cm³/mol. The third-order valence-corrected chi connectivity index (χ3v) is 3.41. The SMILES string of the molecule is CCNC(C)C(C)c1cc(C(F)(F)F)cc(C(F)(F)F)c1. The lowest BCUT2D eigenvalue weighted by atomic mass is 9.91. The average Bonchev–Trinajstić information content (AvgIpc) is 2.35. The highest BCUT2D eigenvalue weighted by Crippen LogP contribution is 2.38. The molecule has 0 aromatic heterocycles. The zero-order chi connectivity index (χ0) is 16.4. The van der Waals surface area contributed by atoms with Crippen LogP contribution in [0.2, 0.25) is 0 Å². The minimum atomic E-state index is -4.81. The van der Waals surface area contributed by atoms with Gasteiger partial charge in [-0.2, -0.15) is 26.3 Å². The summed E-state index contributed by atoms with van der Waals surface area (Å²) in [6.07, 6.45) is -9.62. The molecule has 0 aliphatic rings. The van der Waals surface area contributed by atoms with Gasteiger partial charge in [0.1, 0.15) is 0 Å². The van der Waals surface area contributed by atoms with Crippen molar-refractivity contribution in [3.8, 4) is 0 Å². The van der Waals surface area contributed by atoms with Crippen LogP contribution in [-0.2, 0) is 12.4 Å². The molecule has 1 rings (SSSR count). The standard InChI is InChI=1S/C14H17F6N/c1-4-21-9(3)8(2)10-5-11(13(15,16)17)7-12(6-10)14(18,19)20/h5-9,21H,4H2,1-3H3. The summed E-state index contributed by atoms with van der Waals surface area (Å²) < 4.78 is 76.6. The molecule has 0 aliphatic heterocycles. The molecule has 0 aliphatic carbocycles. The van der Waals surface area contributed by atoms with Crippen LogP contribution in [0.4, 0.5) is 26.3 Å². The Balaban J connectivity index is 3.32. The van der Waals surface area contributed by atoms with Crippen molar-refractivity contribution in [1.82, 2.24) is 5.32 Å². The first-order valence-corrected chi connectivity index (χ1v) is 6.49. The summed E-state index contributed by atoms with van der Waals surface area (Å²) in [6.45, 7) is 5.72. The maximum atomic E-state index is 12.8. The predicted octanol–water partition coefficient (Wildman–Crippen LogP) is 4.83.